The highest BCUT2D eigenvalue weighted by molar-refractivity contribution is 7.13. The van der Waals surface area contributed by atoms with Gasteiger partial charge in [0.25, 0.3) is 5.91 Å². The first-order chi connectivity index (χ1) is 13.2. The van der Waals surface area contributed by atoms with E-state index in [2.05, 4.69) is 32.2 Å². The SMILES string of the molecule is CCN1CCC(NC(=O)c2csc(-c3cnn(-c4cccnc4)c3)n2)CC1. The predicted molar refractivity (Wildman–Crippen MR) is 105 cm³/mol. The van der Waals surface area contributed by atoms with E-state index in [0.29, 0.717) is 5.69 Å². The van der Waals surface area contributed by atoms with E-state index in [1.807, 2.05) is 23.7 Å². The maximum atomic E-state index is 12.5. The second-order valence-corrected chi connectivity index (χ2v) is 7.46. The van der Waals surface area contributed by atoms with Crippen LogP contribution in [0.15, 0.2) is 42.3 Å². The molecular weight excluding hydrogens is 360 g/mol. The molecule has 0 atom stereocenters. The van der Waals surface area contributed by atoms with Crippen LogP contribution in [-0.4, -0.2) is 56.2 Å². The minimum atomic E-state index is -0.0906. The van der Waals surface area contributed by atoms with E-state index in [4.69, 9.17) is 0 Å². The summed E-state index contributed by atoms with van der Waals surface area (Å²) < 4.78 is 1.75. The normalized spacial score (nSPS) is 15.7. The quantitative estimate of drug-likeness (QED) is 0.734. The second-order valence-electron chi connectivity index (χ2n) is 6.60. The summed E-state index contributed by atoms with van der Waals surface area (Å²) in [4.78, 5) is 23.5. The van der Waals surface area contributed by atoms with Gasteiger partial charge in [-0.3, -0.25) is 9.78 Å². The van der Waals surface area contributed by atoms with E-state index in [-0.39, 0.29) is 11.9 Å². The molecule has 0 radical (unpaired) electrons. The van der Waals surface area contributed by atoms with Crippen LogP contribution in [-0.2, 0) is 0 Å². The molecule has 1 fully saturated rings. The molecule has 27 heavy (non-hydrogen) atoms. The molecular formula is C19H22N6OS. The van der Waals surface area contributed by atoms with Crippen LogP contribution < -0.4 is 5.32 Å². The van der Waals surface area contributed by atoms with Crippen LogP contribution in [0, 0.1) is 0 Å². The third kappa shape index (κ3) is 4.06. The Morgan fingerprint density at radius 2 is 2.19 bits per heavy atom. The Bertz CT molecular complexity index is 898. The zero-order chi connectivity index (χ0) is 18.6. The van der Waals surface area contributed by atoms with Crippen LogP contribution in [0.4, 0.5) is 0 Å². The maximum absolute atomic E-state index is 12.5. The number of nitrogens with one attached hydrogen (secondary N) is 1. The van der Waals surface area contributed by atoms with Gasteiger partial charge in [0, 0.05) is 42.5 Å². The fourth-order valence-corrected chi connectivity index (χ4v) is 4.00. The number of rotatable bonds is 5. The highest BCUT2D eigenvalue weighted by Crippen LogP contribution is 2.24. The van der Waals surface area contributed by atoms with Crippen molar-refractivity contribution >= 4 is 17.2 Å². The van der Waals surface area contributed by atoms with Gasteiger partial charge in [-0.05, 0) is 31.5 Å². The molecule has 4 rings (SSSR count). The standard InChI is InChI=1S/C19H22N6OS/c1-2-24-8-5-15(6-9-24)22-18(26)17-13-27-19(23-17)14-10-21-25(12-14)16-4-3-7-20-11-16/h3-4,7,10-13,15H,2,5-6,8-9H2,1H3,(H,22,26). The Labute approximate surface area is 162 Å². The Morgan fingerprint density at radius 1 is 1.33 bits per heavy atom. The lowest BCUT2D eigenvalue weighted by molar-refractivity contribution is 0.0908. The van der Waals surface area contributed by atoms with Crippen LogP contribution >= 0.6 is 11.3 Å². The number of carbonyl (C=O) groups excluding carboxylic acids is 1. The lowest BCUT2D eigenvalue weighted by Gasteiger charge is -2.31. The van der Waals surface area contributed by atoms with Crippen LogP contribution in [0.3, 0.4) is 0 Å². The van der Waals surface area contributed by atoms with Crippen molar-refractivity contribution in [3.05, 3.63) is 48.0 Å². The minimum absolute atomic E-state index is 0.0906. The van der Waals surface area contributed by atoms with Gasteiger partial charge in [-0.25, -0.2) is 9.67 Å². The summed E-state index contributed by atoms with van der Waals surface area (Å²) >= 11 is 1.46. The highest BCUT2D eigenvalue weighted by atomic mass is 32.1. The Kier molecular flexibility index (Phi) is 5.26. The van der Waals surface area contributed by atoms with Crippen LogP contribution in [0.2, 0.25) is 0 Å². The smallest absolute Gasteiger partial charge is 0.270 e. The van der Waals surface area contributed by atoms with Crippen molar-refractivity contribution in [3.8, 4) is 16.3 Å². The van der Waals surface area contributed by atoms with Crippen LogP contribution in [0.5, 0.6) is 0 Å². The molecule has 0 bridgehead atoms. The number of likely N-dealkylation sites (tertiary alicyclic amines) is 1. The summed E-state index contributed by atoms with van der Waals surface area (Å²) in [6.45, 7) is 5.32. The number of amides is 1. The number of carbonyl (C=O) groups is 1. The number of aromatic nitrogens is 4. The van der Waals surface area contributed by atoms with Crippen LogP contribution in [0.25, 0.3) is 16.3 Å². The zero-order valence-electron chi connectivity index (χ0n) is 15.2. The molecule has 0 aliphatic carbocycles. The fraction of sp³-hybridized carbons (Fsp3) is 0.368. The van der Waals surface area contributed by atoms with Crippen molar-refractivity contribution in [2.24, 2.45) is 0 Å². The molecule has 1 aliphatic heterocycles. The third-order valence-electron chi connectivity index (χ3n) is 4.85. The highest BCUT2D eigenvalue weighted by Gasteiger charge is 2.21. The largest absolute Gasteiger partial charge is 0.348 e. The van der Waals surface area contributed by atoms with Crippen molar-refractivity contribution in [1.82, 2.24) is 30.0 Å². The molecule has 0 unspecified atom stereocenters. The van der Waals surface area contributed by atoms with E-state index in [1.54, 1.807) is 23.3 Å². The van der Waals surface area contributed by atoms with E-state index in [0.717, 1.165) is 48.7 Å². The molecule has 1 aliphatic rings. The summed E-state index contributed by atoms with van der Waals surface area (Å²) in [6.07, 6.45) is 9.13. The molecule has 7 nitrogen and oxygen atoms in total. The topological polar surface area (TPSA) is 75.9 Å². The van der Waals surface area contributed by atoms with E-state index in [9.17, 15) is 4.79 Å². The molecule has 140 valence electrons. The average molecular weight is 382 g/mol. The van der Waals surface area contributed by atoms with Crippen molar-refractivity contribution in [2.45, 2.75) is 25.8 Å². The van der Waals surface area contributed by atoms with Gasteiger partial charge in [0.2, 0.25) is 0 Å². The summed E-state index contributed by atoms with van der Waals surface area (Å²) in [5.74, 6) is -0.0906. The molecule has 0 spiro atoms. The molecule has 3 aromatic heterocycles. The Balaban J connectivity index is 1.41. The van der Waals surface area contributed by atoms with E-state index < -0.39 is 0 Å². The monoisotopic (exact) mass is 382 g/mol. The molecule has 1 saturated heterocycles. The molecule has 3 aromatic rings. The van der Waals surface area contributed by atoms with E-state index >= 15 is 0 Å². The van der Waals surface area contributed by atoms with E-state index in [1.165, 1.54) is 11.3 Å². The fourth-order valence-electron chi connectivity index (χ4n) is 3.23. The first kappa shape index (κ1) is 17.8. The van der Waals surface area contributed by atoms with Crippen LogP contribution in [0.1, 0.15) is 30.3 Å². The number of hydrogen-bond acceptors (Lipinski definition) is 6. The van der Waals surface area contributed by atoms with Crippen molar-refractivity contribution in [2.75, 3.05) is 19.6 Å². The van der Waals surface area contributed by atoms with Gasteiger partial charge in [-0.15, -0.1) is 11.3 Å². The summed E-state index contributed by atoms with van der Waals surface area (Å²) in [7, 11) is 0. The average Bonchev–Trinajstić information content (AvgIpc) is 3.39. The molecule has 8 heteroatoms. The molecule has 0 aromatic carbocycles. The Hall–Kier alpha value is -2.58. The number of pyridine rings is 1. The van der Waals surface area contributed by atoms with Gasteiger partial charge in [0.1, 0.15) is 10.7 Å². The third-order valence-corrected chi connectivity index (χ3v) is 5.74. The van der Waals surface area contributed by atoms with Gasteiger partial charge >= 0.3 is 0 Å². The number of nitrogens with zero attached hydrogens (tertiary/aromatic N) is 5. The van der Waals surface area contributed by atoms with Gasteiger partial charge in [0.15, 0.2) is 0 Å². The van der Waals surface area contributed by atoms with Crippen molar-refractivity contribution < 1.29 is 4.79 Å². The lowest BCUT2D eigenvalue weighted by atomic mass is 10.1. The number of thiazole rings is 1. The van der Waals surface area contributed by atoms with Gasteiger partial charge in [-0.1, -0.05) is 6.92 Å². The first-order valence-electron chi connectivity index (χ1n) is 9.17. The number of hydrogen-bond donors (Lipinski definition) is 1. The minimum Gasteiger partial charge on any atom is -0.348 e. The first-order valence-corrected chi connectivity index (χ1v) is 10.0. The van der Waals surface area contributed by atoms with Gasteiger partial charge < -0.3 is 10.2 Å². The molecule has 1 N–H and O–H groups in total. The Morgan fingerprint density at radius 3 is 2.93 bits per heavy atom. The molecule has 4 heterocycles. The lowest BCUT2D eigenvalue weighted by Crippen LogP contribution is -2.44. The summed E-state index contributed by atoms with van der Waals surface area (Å²) in [6, 6.07) is 4.04. The number of piperidine rings is 1. The predicted octanol–water partition coefficient (Wildman–Crippen LogP) is 2.60. The van der Waals surface area contributed by atoms with Crippen molar-refractivity contribution in [3.63, 3.8) is 0 Å². The summed E-state index contributed by atoms with van der Waals surface area (Å²) in [5.41, 5.74) is 2.25. The van der Waals surface area contributed by atoms with Gasteiger partial charge in [0.05, 0.1) is 18.1 Å². The molecule has 0 saturated carbocycles. The zero-order valence-corrected chi connectivity index (χ0v) is 16.0. The molecule has 1 amide bonds. The maximum Gasteiger partial charge on any atom is 0.270 e. The summed E-state index contributed by atoms with van der Waals surface area (Å²) in [5, 5.41) is 10.1. The van der Waals surface area contributed by atoms with Gasteiger partial charge in [-0.2, -0.15) is 5.10 Å². The van der Waals surface area contributed by atoms with Crippen molar-refractivity contribution in [1.29, 1.82) is 0 Å². The second kappa shape index (κ2) is 7.98.